The summed E-state index contributed by atoms with van der Waals surface area (Å²) in [5.41, 5.74) is 7.81. The van der Waals surface area contributed by atoms with Crippen molar-refractivity contribution >= 4 is 44.1 Å². The largest absolute Gasteiger partial charge is 0.393 e. The number of thiazole rings is 1. The standard InChI is InChI=1S/C18H22N6OS/c1-22(2)8-9-23(3)18-20-10-11-15(25)14(19)17-24(16(11)21-18)12-6-4-5-7-13(12)26-17/h4-7,10,18,21H,8-9,19H2,1-3H3. The van der Waals surface area contributed by atoms with Crippen molar-refractivity contribution < 1.29 is 0 Å². The molecule has 0 saturated heterocycles. The van der Waals surface area contributed by atoms with Gasteiger partial charge in [0.1, 0.15) is 16.3 Å². The van der Waals surface area contributed by atoms with E-state index in [2.05, 4.69) is 20.1 Å². The molecule has 0 radical (unpaired) electrons. The molecule has 136 valence electrons. The average Bonchev–Trinajstić information content (AvgIpc) is 3.03. The van der Waals surface area contributed by atoms with Gasteiger partial charge in [0.2, 0.25) is 5.43 Å². The fourth-order valence-corrected chi connectivity index (χ4v) is 4.23. The number of benzene rings is 1. The lowest BCUT2D eigenvalue weighted by Gasteiger charge is -2.30. The first kappa shape index (κ1) is 17.0. The molecule has 1 unspecified atom stereocenters. The Kier molecular flexibility index (Phi) is 4.18. The number of likely N-dealkylation sites (N-methyl/N-ethyl adjacent to an activating group) is 2. The minimum absolute atomic E-state index is 0.169. The highest BCUT2D eigenvalue weighted by Crippen LogP contribution is 2.33. The number of nitrogens with two attached hydrogens (primary N) is 1. The molecule has 0 amide bonds. The van der Waals surface area contributed by atoms with Crippen LogP contribution in [0.2, 0.25) is 0 Å². The predicted octanol–water partition coefficient (Wildman–Crippen LogP) is 1.72. The van der Waals surface area contributed by atoms with Gasteiger partial charge in [-0.05, 0) is 33.3 Å². The zero-order chi connectivity index (χ0) is 18.4. The number of fused-ring (bicyclic) bond motifs is 5. The molecule has 0 bridgehead atoms. The molecular formula is C18H22N6OS. The number of aliphatic imine (C=N–C) groups is 1. The monoisotopic (exact) mass is 370 g/mol. The first-order chi connectivity index (χ1) is 12.5. The van der Waals surface area contributed by atoms with E-state index in [9.17, 15) is 4.79 Å². The third kappa shape index (κ3) is 2.66. The first-order valence-corrected chi connectivity index (χ1v) is 9.29. The van der Waals surface area contributed by atoms with Crippen LogP contribution in [-0.2, 0) is 0 Å². The molecule has 3 heterocycles. The lowest BCUT2D eigenvalue weighted by atomic mass is 10.2. The maximum absolute atomic E-state index is 12.7. The molecule has 3 N–H and O–H groups in total. The number of hydrogen-bond donors (Lipinski definition) is 2. The van der Waals surface area contributed by atoms with Crippen molar-refractivity contribution in [2.45, 2.75) is 6.29 Å². The van der Waals surface area contributed by atoms with Gasteiger partial charge < -0.3 is 16.0 Å². The van der Waals surface area contributed by atoms with Crippen molar-refractivity contribution in [3.05, 3.63) is 40.1 Å². The van der Waals surface area contributed by atoms with Gasteiger partial charge in [-0.25, -0.2) is 0 Å². The number of nitrogens with one attached hydrogen (secondary N) is 1. The van der Waals surface area contributed by atoms with Crippen LogP contribution in [0.15, 0.2) is 34.1 Å². The average molecular weight is 370 g/mol. The lowest BCUT2D eigenvalue weighted by Crippen LogP contribution is -2.43. The van der Waals surface area contributed by atoms with Crippen LogP contribution < -0.4 is 16.5 Å². The molecule has 1 aliphatic rings. The van der Waals surface area contributed by atoms with Gasteiger partial charge in [0, 0.05) is 19.3 Å². The van der Waals surface area contributed by atoms with Crippen LogP contribution in [0, 0.1) is 0 Å². The van der Waals surface area contributed by atoms with Gasteiger partial charge in [-0.15, -0.1) is 11.3 Å². The maximum Gasteiger partial charge on any atom is 0.216 e. The molecule has 1 atom stereocenters. The van der Waals surface area contributed by atoms with Crippen molar-refractivity contribution in [1.29, 1.82) is 0 Å². The van der Waals surface area contributed by atoms with Crippen molar-refractivity contribution in [2.24, 2.45) is 4.99 Å². The van der Waals surface area contributed by atoms with Gasteiger partial charge in [0.25, 0.3) is 0 Å². The van der Waals surface area contributed by atoms with E-state index in [1.54, 1.807) is 6.21 Å². The van der Waals surface area contributed by atoms with Crippen LogP contribution >= 0.6 is 11.3 Å². The van der Waals surface area contributed by atoms with Gasteiger partial charge in [0.15, 0.2) is 6.29 Å². The van der Waals surface area contributed by atoms with Crippen LogP contribution in [-0.4, -0.2) is 60.9 Å². The molecule has 0 saturated carbocycles. The highest BCUT2D eigenvalue weighted by atomic mass is 32.1. The van der Waals surface area contributed by atoms with Crippen LogP contribution in [0.25, 0.3) is 15.0 Å². The topological polar surface area (TPSA) is 78.4 Å². The minimum atomic E-state index is -0.222. The minimum Gasteiger partial charge on any atom is -0.393 e. The summed E-state index contributed by atoms with van der Waals surface area (Å²) in [5, 5.41) is 3.43. The van der Waals surface area contributed by atoms with Crippen LogP contribution in [0.4, 0.5) is 11.5 Å². The fourth-order valence-electron chi connectivity index (χ4n) is 3.13. The number of nitrogens with zero attached hydrogens (tertiary/aromatic N) is 4. The summed E-state index contributed by atoms with van der Waals surface area (Å²) in [6, 6.07) is 8.07. The Morgan fingerprint density at radius 1 is 1.27 bits per heavy atom. The normalized spacial score (nSPS) is 16.6. The fraction of sp³-hybridized carbons (Fsp3) is 0.333. The second kappa shape index (κ2) is 6.39. The molecule has 1 aromatic carbocycles. The molecule has 8 heteroatoms. The van der Waals surface area contributed by atoms with E-state index in [0.29, 0.717) is 5.56 Å². The highest BCUT2D eigenvalue weighted by molar-refractivity contribution is 7.24. The number of anilines is 2. The highest BCUT2D eigenvalue weighted by Gasteiger charge is 2.25. The smallest absolute Gasteiger partial charge is 0.216 e. The van der Waals surface area contributed by atoms with E-state index in [1.807, 2.05) is 49.8 Å². The number of nitrogen functional groups attached to an aromatic ring is 1. The summed E-state index contributed by atoms with van der Waals surface area (Å²) in [6.07, 6.45) is 1.43. The maximum atomic E-state index is 12.7. The number of para-hydroxylation sites is 1. The molecule has 0 aliphatic carbocycles. The SMILES string of the molecule is CN(C)CCN(C)C1N=Cc2c(n3c(sc4ccccc43)c(N)c2=O)N1. The summed E-state index contributed by atoms with van der Waals surface area (Å²) in [5.74, 6) is 0.758. The van der Waals surface area contributed by atoms with Crippen LogP contribution in [0.3, 0.4) is 0 Å². The zero-order valence-corrected chi connectivity index (χ0v) is 15.9. The second-order valence-corrected chi connectivity index (χ2v) is 7.83. The van der Waals surface area contributed by atoms with Crippen LogP contribution in [0.1, 0.15) is 5.56 Å². The first-order valence-electron chi connectivity index (χ1n) is 8.48. The van der Waals surface area contributed by atoms with E-state index in [4.69, 9.17) is 5.73 Å². The number of aromatic nitrogens is 1. The van der Waals surface area contributed by atoms with E-state index in [1.165, 1.54) is 11.3 Å². The summed E-state index contributed by atoms with van der Waals surface area (Å²) < 4.78 is 3.14. The van der Waals surface area contributed by atoms with E-state index >= 15 is 0 Å². The molecule has 0 fully saturated rings. The number of hydrogen-bond acceptors (Lipinski definition) is 7. The quantitative estimate of drug-likeness (QED) is 0.731. The Morgan fingerprint density at radius 3 is 2.81 bits per heavy atom. The third-order valence-corrected chi connectivity index (χ3v) is 5.80. The van der Waals surface area contributed by atoms with Crippen molar-refractivity contribution in [1.82, 2.24) is 14.2 Å². The summed E-state index contributed by atoms with van der Waals surface area (Å²) >= 11 is 1.53. The molecule has 7 nitrogen and oxygen atoms in total. The summed E-state index contributed by atoms with van der Waals surface area (Å²) in [4.78, 5) is 22.3. The van der Waals surface area contributed by atoms with E-state index < -0.39 is 0 Å². The number of rotatable bonds is 4. The third-order valence-electron chi connectivity index (χ3n) is 4.64. The molecule has 4 rings (SSSR count). The van der Waals surface area contributed by atoms with Gasteiger partial charge in [0.05, 0.1) is 15.8 Å². The summed E-state index contributed by atoms with van der Waals surface area (Å²) in [6.45, 7) is 1.78. The Morgan fingerprint density at radius 2 is 2.04 bits per heavy atom. The van der Waals surface area contributed by atoms with E-state index in [0.717, 1.165) is 34.0 Å². The predicted molar refractivity (Wildman–Crippen MR) is 110 cm³/mol. The Balaban J connectivity index is 1.85. The van der Waals surface area contributed by atoms with Gasteiger partial charge in [-0.1, -0.05) is 12.1 Å². The van der Waals surface area contributed by atoms with Crippen molar-refractivity contribution in [3.8, 4) is 0 Å². The Bertz CT molecular complexity index is 1070. The Hall–Kier alpha value is -2.42. The summed E-state index contributed by atoms with van der Waals surface area (Å²) in [7, 11) is 6.11. The molecule has 3 aromatic rings. The van der Waals surface area contributed by atoms with Crippen LogP contribution in [0.5, 0.6) is 0 Å². The van der Waals surface area contributed by atoms with Gasteiger partial charge >= 0.3 is 0 Å². The van der Waals surface area contributed by atoms with Crippen molar-refractivity contribution in [3.63, 3.8) is 0 Å². The van der Waals surface area contributed by atoms with Gasteiger partial charge in [-0.3, -0.25) is 19.1 Å². The van der Waals surface area contributed by atoms with Crippen molar-refractivity contribution in [2.75, 3.05) is 45.3 Å². The zero-order valence-electron chi connectivity index (χ0n) is 15.1. The molecule has 2 aromatic heterocycles. The second-order valence-electron chi connectivity index (χ2n) is 6.80. The molecular weight excluding hydrogens is 348 g/mol. The number of pyridine rings is 1. The van der Waals surface area contributed by atoms with E-state index in [-0.39, 0.29) is 17.4 Å². The molecule has 1 aliphatic heterocycles. The lowest BCUT2D eigenvalue weighted by molar-refractivity contribution is 0.239. The molecule has 0 spiro atoms. The molecule has 26 heavy (non-hydrogen) atoms. The van der Waals surface area contributed by atoms with Gasteiger partial charge in [-0.2, -0.15) is 0 Å². The Labute approximate surface area is 155 Å².